The van der Waals surface area contributed by atoms with Crippen molar-refractivity contribution >= 4 is 71.1 Å². The molecule has 0 radical (unpaired) electrons. The molecule has 0 spiro atoms. The van der Waals surface area contributed by atoms with Crippen LogP contribution >= 0.6 is 11.8 Å². The number of hydrogen-bond donors (Lipinski definition) is 6. The summed E-state index contributed by atoms with van der Waals surface area (Å²) in [6.45, 7) is 1.97. The van der Waals surface area contributed by atoms with Gasteiger partial charge in [-0.25, -0.2) is 14.4 Å². The molecule has 3 heterocycles. The lowest BCUT2D eigenvalue weighted by molar-refractivity contribution is -0.153. The third-order valence-corrected chi connectivity index (χ3v) is 9.00. The van der Waals surface area contributed by atoms with E-state index >= 15 is 0 Å². The summed E-state index contributed by atoms with van der Waals surface area (Å²) in [7, 11) is 0. The molecule has 7 N–H and O–H groups in total. The maximum absolute atomic E-state index is 13.7. The first kappa shape index (κ1) is 37.1. The number of nitrogens with zero attached hydrogens (tertiary/aromatic N) is 3. The number of β-lactam (4-membered cyclic amide) rings is 1. The number of esters is 1. The molecule has 3 aliphatic heterocycles. The lowest BCUT2D eigenvalue weighted by atomic mass is 10.0. The summed E-state index contributed by atoms with van der Waals surface area (Å²) in [6, 6.07) is -0.0692. The highest BCUT2D eigenvalue weighted by molar-refractivity contribution is 8.00. The molecule has 268 valence electrons. The van der Waals surface area contributed by atoms with Gasteiger partial charge in [0.1, 0.15) is 42.4 Å². The highest BCUT2D eigenvalue weighted by Gasteiger charge is 2.54. The Balaban J connectivity index is 1.53. The number of carboxylic acids is 2. The molecule has 0 unspecified atom stereocenters. The second-order valence-electron chi connectivity index (χ2n) is 10.9. The number of nitrogens with two attached hydrogens (primary N) is 1. The van der Waals surface area contributed by atoms with E-state index in [-0.39, 0.29) is 54.5 Å². The van der Waals surface area contributed by atoms with Crippen LogP contribution in [0.2, 0.25) is 0 Å². The van der Waals surface area contributed by atoms with Gasteiger partial charge in [-0.2, -0.15) is 0 Å². The molecular formula is C29H33N7O13S. The zero-order chi connectivity index (χ0) is 36.9. The number of ether oxygens (including phenoxy) is 2. The average molecular weight is 720 g/mol. The maximum atomic E-state index is 13.7. The highest BCUT2D eigenvalue weighted by atomic mass is 32.2. The SMILES string of the molecule is CCN1CCN(C(=O)N[C@H](C(=O)N[C@@H]2C(=O)N3C(C(=O)O)=C(COC(C)=O)CS[C@@H]23)c2ccc(NC(=O)OC[C@@H](N)C(=O)O)cc2)C(=O)C1=O. The Morgan fingerprint density at radius 3 is 2.30 bits per heavy atom. The molecule has 20 nitrogen and oxygen atoms in total. The quantitative estimate of drug-likeness (QED) is 0.0805. The van der Waals surface area contributed by atoms with Crippen LogP contribution in [0.15, 0.2) is 35.5 Å². The van der Waals surface area contributed by atoms with Crippen LogP contribution in [-0.4, -0.2) is 135 Å². The van der Waals surface area contributed by atoms with E-state index in [2.05, 4.69) is 16.0 Å². The number of hydrogen-bond acceptors (Lipinski definition) is 13. The van der Waals surface area contributed by atoms with Crippen molar-refractivity contribution in [1.82, 2.24) is 25.3 Å². The molecule has 7 amide bonds. The number of nitrogens with one attached hydrogen (secondary N) is 3. The van der Waals surface area contributed by atoms with Crippen LogP contribution in [0, 0.1) is 0 Å². The van der Waals surface area contributed by atoms with Crippen LogP contribution in [-0.2, 0) is 43.0 Å². The van der Waals surface area contributed by atoms with E-state index in [0.29, 0.717) is 4.90 Å². The second kappa shape index (κ2) is 15.7. The van der Waals surface area contributed by atoms with Crippen molar-refractivity contribution in [2.24, 2.45) is 5.73 Å². The fraction of sp³-hybridized carbons (Fsp3) is 0.414. The number of rotatable bonds is 12. The number of piperazine rings is 1. The maximum Gasteiger partial charge on any atom is 0.411 e. The zero-order valence-corrected chi connectivity index (χ0v) is 27.4. The summed E-state index contributed by atoms with van der Waals surface area (Å²) >= 11 is 1.11. The van der Waals surface area contributed by atoms with Crippen molar-refractivity contribution < 1.29 is 62.8 Å². The van der Waals surface area contributed by atoms with E-state index in [0.717, 1.165) is 23.6 Å². The molecule has 3 aliphatic rings. The number of imide groups is 1. The number of aliphatic carboxylic acids is 2. The number of thioether (sulfide) groups is 1. The van der Waals surface area contributed by atoms with E-state index in [1.807, 2.05) is 0 Å². The normalized spacial score (nSPS) is 19.8. The van der Waals surface area contributed by atoms with Gasteiger partial charge in [0.2, 0.25) is 5.91 Å². The van der Waals surface area contributed by atoms with Crippen molar-refractivity contribution in [2.75, 3.05) is 43.9 Å². The summed E-state index contributed by atoms with van der Waals surface area (Å²) in [5, 5.41) is 25.1. The molecule has 0 bridgehead atoms. The second-order valence-corrected chi connectivity index (χ2v) is 12.1. The van der Waals surface area contributed by atoms with Crippen LogP contribution < -0.4 is 21.7 Å². The zero-order valence-electron chi connectivity index (χ0n) is 26.6. The summed E-state index contributed by atoms with van der Waals surface area (Å²) in [4.78, 5) is 114. The average Bonchev–Trinajstić information content (AvgIpc) is 3.08. The minimum absolute atomic E-state index is 0.0589. The first-order chi connectivity index (χ1) is 23.6. The Bertz CT molecular complexity index is 1650. The molecule has 4 rings (SSSR count). The number of anilines is 1. The number of urea groups is 1. The van der Waals surface area contributed by atoms with E-state index in [9.17, 15) is 48.3 Å². The number of amides is 7. The van der Waals surface area contributed by atoms with Crippen LogP contribution in [0.3, 0.4) is 0 Å². The summed E-state index contributed by atoms with van der Waals surface area (Å²) in [5.41, 5.74) is 5.35. The van der Waals surface area contributed by atoms with E-state index < -0.39 is 83.8 Å². The summed E-state index contributed by atoms with van der Waals surface area (Å²) in [5.74, 6) is -7.14. The first-order valence-corrected chi connectivity index (χ1v) is 16.0. The Morgan fingerprint density at radius 1 is 1.02 bits per heavy atom. The first-order valence-electron chi connectivity index (χ1n) is 14.9. The van der Waals surface area contributed by atoms with Gasteiger partial charge < -0.3 is 41.0 Å². The number of carboxylic acid groups (broad SMARTS) is 2. The van der Waals surface area contributed by atoms with Crippen LogP contribution in [0.5, 0.6) is 0 Å². The molecule has 21 heteroatoms. The highest BCUT2D eigenvalue weighted by Crippen LogP contribution is 2.40. The van der Waals surface area contributed by atoms with Gasteiger partial charge in [0.15, 0.2) is 0 Å². The standard InChI is InChI=1S/C29H33N7O13S/c1-3-34-8-9-35(24(41)23(34)40)28(46)33-18(14-4-6-16(7-5-14)31-29(47)49-11-17(30)26(42)43)21(38)32-19-22(39)36-20(27(44)45)15(10-48-13(2)37)12-50-25(19)36/h4-7,17-19,25H,3,8-12,30H2,1-2H3,(H,31,47)(H,32,38)(H,33,46)(H,42,43)(H,44,45)/t17-,18+,19-,25+/m1/s1. The summed E-state index contributed by atoms with van der Waals surface area (Å²) < 4.78 is 9.68. The van der Waals surface area contributed by atoms with Crippen LogP contribution in [0.1, 0.15) is 25.5 Å². The van der Waals surface area contributed by atoms with Gasteiger partial charge in [0, 0.05) is 43.6 Å². The topological polar surface area (TPSA) is 284 Å². The predicted molar refractivity (Wildman–Crippen MR) is 169 cm³/mol. The van der Waals surface area contributed by atoms with Crippen molar-refractivity contribution in [3.63, 3.8) is 0 Å². The monoisotopic (exact) mass is 719 g/mol. The van der Waals surface area contributed by atoms with Crippen LogP contribution in [0.4, 0.5) is 15.3 Å². The fourth-order valence-corrected chi connectivity index (χ4v) is 6.37. The van der Waals surface area contributed by atoms with E-state index in [4.69, 9.17) is 20.3 Å². The van der Waals surface area contributed by atoms with Crippen LogP contribution in [0.25, 0.3) is 0 Å². The molecule has 1 aromatic rings. The molecule has 0 saturated carbocycles. The molecule has 0 aromatic heterocycles. The number of carbonyl (C=O) groups is 9. The van der Waals surface area contributed by atoms with Gasteiger partial charge in [-0.05, 0) is 24.6 Å². The molecule has 0 aliphatic carbocycles. The Kier molecular flexibility index (Phi) is 11.6. The van der Waals surface area contributed by atoms with Crippen molar-refractivity contribution in [2.45, 2.75) is 37.3 Å². The Morgan fingerprint density at radius 2 is 1.70 bits per heavy atom. The number of likely N-dealkylation sites (N-methyl/N-ethyl adjacent to an activating group) is 1. The molecule has 2 saturated heterocycles. The third kappa shape index (κ3) is 8.11. The molecule has 2 fully saturated rings. The lowest BCUT2D eigenvalue weighted by Crippen LogP contribution is -2.71. The molecule has 4 atom stereocenters. The largest absolute Gasteiger partial charge is 0.480 e. The minimum atomic E-state index is -1.58. The lowest BCUT2D eigenvalue weighted by Gasteiger charge is -2.49. The van der Waals surface area contributed by atoms with Gasteiger partial charge in [0.05, 0.1) is 0 Å². The van der Waals surface area contributed by atoms with Crippen molar-refractivity contribution in [1.29, 1.82) is 0 Å². The van der Waals surface area contributed by atoms with Gasteiger partial charge in [-0.3, -0.25) is 43.9 Å². The molecule has 50 heavy (non-hydrogen) atoms. The third-order valence-electron chi connectivity index (χ3n) is 7.66. The van der Waals surface area contributed by atoms with Gasteiger partial charge >= 0.3 is 41.8 Å². The fourth-order valence-electron chi connectivity index (χ4n) is 5.04. The number of fused-ring (bicyclic) bond motifs is 1. The summed E-state index contributed by atoms with van der Waals surface area (Å²) in [6.07, 6.45) is -1.03. The Labute approximate surface area is 287 Å². The van der Waals surface area contributed by atoms with Crippen molar-refractivity contribution in [3.8, 4) is 0 Å². The van der Waals surface area contributed by atoms with E-state index in [1.165, 1.54) is 29.2 Å². The van der Waals surface area contributed by atoms with Gasteiger partial charge in [-0.1, -0.05) is 12.1 Å². The van der Waals surface area contributed by atoms with E-state index in [1.54, 1.807) is 6.92 Å². The minimum Gasteiger partial charge on any atom is -0.480 e. The van der Waals surface area contributed by atoms with Gasteiger partial charge in [0.25, 0.3) is 5.91 Å². The Hall–Kier alpha value is -5.70. The van der Waals surface area contributed by atoms with Crippen molar-refractivity contribution in [3.05, 3.63) is 41.1 Å². The number of carbonyl (C=O) groups excluding carboxylic acids is 7. The predicted octanol–water partition coefficient (Wildman–Crippen LogP) is -1.61. The molecular weight excluding hydrogens is 686 g/mol. The molecule has 1 aromatic carbocycles. The van der Waals surface area contributed by atoms with Gasteiger partial charge in [-0.15, -0.1) is 11.8 Å². The smallest absolute Gasteiger partial charge is 0.411 e. The number of benzene rings is 1.